The maximum Gasteiger partial charge on any atom is 0.362 e. The maximum atomic E-state index is 12.8. The molecule has 2 atom stereocenters. The molecule has 8 nitrogen and oxygen atoms in total. The summed E-state index contributed by atoms with van der Waals surface area (Å²) in [4.78, 5) is 37.3. The van der Waals surface area contributed by atoms with Crippen molar-refractivity contribution >= 4 is 17.9 Å². The fourth-order valence-corrected chi connectivity index (χ4v) is 8.31. The Kier molecular flexibility index (Phi) is 48.2. The minimum atomic E-state index is -0.875. The Morgan fingerprint density at radius 2 is 0.824 bits per heavy atom. The number of carbonyl (C=O) groups is 3. The first-order valence-electron chi connectivity index (χ1n) is 28.3. The third-order valence-electron chi connectivity index (χ3n) is 12.7. The number of allylic oxidation sites excluding steroid dienone is 10. The van der Waals surface area contributed by atoms with Crippen LogP contribution in [0.25, 0.3) is 0 Å². The average Bonchev–Trinajstić information content (AvgIpc) is 3.30. The van der Waals surface area contributed by atoms with Gasteiger partial charge in [-0.3, -0.25) is 9.59 Å². The van der Waals surface area contributed by atoms with Gasteiger partial charge in [0.2, 0.25) is 0 Å². The zero-order valence-electron chi connectivity index (χ0n) is 45.1. The summed E-state index contributed by atoms with van der Waals surface area (Å²) < 4.78 is 17.4. The van der Waals surface area contributed by atoms with Crippen molar-refractivity contribution in [1.29, 1.82) is 0 Å². The van der Waals surface area contributed by atoms with Crippen molar-refractivity contribution < 1.29 is 38.2 Å². The van der Waals surface area contributed by atoms with Gasteiger partial charge in [-0.05, 0) is 77.0 Å². The number of hydrogen-bond acceptors (Lipinski definition) is 6. The molecule has 0 aromatic rings. The minimum absolute atomic E-state index is 0.0565. The van der Waals surface area contributed by atoms with E-state index in [4.69, 9.17) is 14.2 Å². The van der Waals surface area contributed by atoms with Gasteiger partial charge < -0.3 is 23.8 Å². The van der Waals surface area contributed by atoms with E-state index < -0.39 is 18.1 Å². The van der Waals surface area contributed by atoms with E-state index in [1.807, 2.05) is 21.1 Å². The predicted molar refractivity (Wildman–Crippen MR) is 289 cm³/mol. The Hall–Kier alpha value is -2.97. The van der Waals surface area contributed by atoms with E-state index >= 15 is 0 Å². The van der Waals surface area contributed by atoms with E-state index in [1.54, 1.807) is 0 Å². The van der Waals surface area contributed by atoms with Crippen LogP contribution in [0.1, 0.15) is 251 Å². The summed E-state index contributed by atoms with van der Waals surface area (Å²) in [6.45, 7) is 4.65. The molecule has 0 bridgehead atoms. The quantitative estimate of drug-likeness (QED) is 0.0281. The van der Waals surface area contributed by atoms with Crippen molar-refractivity contribution in [1.82, 2.24) is 0 Å². The highest BCUT2D eigenvalue weighted by Gasteiger charge is 2.31. The molecule has 0 heterocycles. The molecule has 0 aliphatic carbocycles. The number of ether oxygens (including phenoxy) is 3. The van der Waals surface area contributed by atoms with Gasteiger partial charge in [0.1, 0.15) is 6.61 Å². The number of carboxylic acid groups (broad SMARTS) is 1. The lowest BCUT2D eigenvalue weighted by molar-refractivity contribution is -0.887. The highest BCUT2D eigenvalue weighted by Crippen LogP contribution is 2.16. The molecule has 0 aliphatic rings. The third kappa shape index (κ3) is 48.1. The predicted octanol–water partition coefficient (Wildman–Crippen LogP) is 16.9. The molecule has 2 unspecified atom stereocenters. The van der Waals surface area contributed by atoms with E-state index in [9.17, 15) is 19.5 Å². The Labute approximate surface area is 419 Å². The second-order valence-electron chi connectivity index (χ2n) is 20.2. The van der Waals surface area contributed by atoms with E-state index in [1.165, 1.54) is 148 Å². The number of hydrogen-bond donors (Lipinski definition) is 1. The van der Waals surface area contributed by atoms with E-state index in [-0.39, 0.29) is 36.2 Å². The largest absolute Gasteiger partial charge is 0.477 e. The van der Waals surface area contributed by atoms with E-state index in [0.29, 0.717) is 19.3 Å². The number of carboxylic acids is 1. The molecule has 0 saturated carbocycles. The van der Waals surface area contributed by atoms with Gasteiger partial charge >= 0.3 is 17.9 Å². The maximum absolute atomic E-state index is 12.8. The second kappa shape index (κ2) is 50.4. The molecule has 0 radical (unpaired) electrons. The number of esters is 2. The zero-order chi connectivity index (χ0) is 49.9. The molecule has 0 saturated heterocycles. The van der Waals surface area contributed by atoms with Crippen LogP contribution in [0.4, 0.5) is 0 Å². The topological polar surface area (TPSA) is 99.1 Å². The number of aliphatic carboxylic acids is 1. The molecule has 0 rings (SSSR count). The first-order valence-corrected chi connectivity index (χ1v) is 28.3. The monoisotopic (exact) mass is 955 g/mol. The first kappa shape index (κ1) is 65.0. The van der Waals surface area contributed by atoms with Crippen LogP contribution in [-0.2, 0) is 28.6 Å². The van der Waals surface area contributed by atoms with Crippen LogP contribution in [-0.4, -0.2) is 80.6 Å². The molecule has 1 N–H and O–H groups in total. The number of quaternary nitrogens is 1. The molecule has 0 aliphatic heterocycles. The third-order valence-corrected chi connectivity index (χ3v) is 12.7. The van der Waals surface area contributed by atoms with Gasteiger partial charge in [-0.2, -0.15) is 0 Å². The Morgan fingerprint density at radius 1 is 0.456 bits per heavy atom. The van der Waals surface area contributed by atoms with Crippen molar-refractivity contribution in [2.75, 3.05) is 41.0 Å². The Bertz CT molecular complexity index is 1290. The van der Waals surface area contributed by atoms with Crippen LogP contribution in [0, 0.1) is 0 Å². The summed E-state index contributed by atoms with van der Waals surface area (Å²) in [7, 11) is 5.54. The van der Waals surface area contributed by atoms with Crippen LogP contribution in [0.15, 0.2) is 60.8 Å². The Morgan fingerprint density at radius 3 is 1.24 bits per heavy atom. The van der Waals surface area contributed by atoms with Crippen molar-refractivity contribution in [3.05, 3.63) is 60.8 Å². The number of likely N-dealkylation sites (N-methyl/N-ethyl adjacent to an activating group) is 1. The molecule has 0 spiro atoms. The molecule has 0 aromatic heterocycles. The summed E-state index contributed by atoms with van der Waals surface area (Å²) in [5.74, 6) is -1.47. The van der Waals surface area contributed by atoms with Gasteiger partial charge in [-0.15, -0.1) is 0 Å². The van der Waals surface area contributed by atoms with Crippen molar-refractivity contribution in [2.24, 2.45) is 0 Å². The highest BCUT2D eigenvalue weighted by atomic mass is 16.6. The lowest BCUT2D eigenvalue weighted by atomic mass is 10.0. The van der Waals surface area contributed by atoms with Gasteiger partial charge in [-0.1, -0.05) is 216 Å². The number of nitrogens with zero attached hydrogens (tertiary/aromatic N) is 1. The van der Waals surface area contributed by atoms with Crippen molar-refractivity contribution in [3.63, 3.8) is 0 Å². The van der Waals surface area contributed by atoms with Crippen LogP contribution in [0.5, 0.6) is 0 Å². The van der Waals surface area contributed by atoms with Crippen LogP contribution in [0.3, 0.4) is 0 Å². The molecule has 8 heteroatoms. The Balaban J connectivity index is 4.20. The average molecular weight is 956 g/mol. The first-order chi connectivity index (χ1) is 33.1. The molecule has 394 valence electrons. The normalized spacial score (nSPS) is 13.2. The second-order valence-corrected chi connectivity index (χ2v) is 20.2. The van der Waals surface area contributed by atoms with Crippen LogP contribution in [0.2, 0.25) is 0 Å². The fraction of sp³-hybridized carbons (Fsp3) is 0.783. The molecule has 0 fully saturated rings. The zero-order valence-corrected chi connectivity index (χ0v) is 45.1. The summed E-state index contributed by atoms with van der Waals surface area (Å²) >= 11 is 0. The van der Waals surface area contributed by atoms with E-state index in [0.717, 1.165) is 70.6 Å². The smallest absolute Gasteiger partial charge is 0.362 e. The number of rotatable bonds is 51. The molecule has 68 heavy (non-hydrogen) atoms. The lowest BCUT2D eigenvalue weighted by Crippen LogP contribution is -2.50. The van der Waals surface area contributed by atoms with Gasteiger partial charge in [0.15, 0.2) is 12.1 Å². The van der Waals surface area contributed by atoms with Gasteiger partial charge in [-0.25, -0.2) is 4.79 Å². The number of carbonyl (C=O) groups excluding carboxylic acids is 2. The lowest BCUT2D eigenvalue weighted by Gasteiger charge is -2.31. The standard InChI is InChI=1S/C60H107NO7/c1-6-8-10-12-14-16-18-20-22-24-26-28-30-32-34-36-38-40-42-44-46-48-50-58(62)67-55-56(54-66-53-52-57(60(64)65)61(3,4)5)68-59(63)51-49-47-45-43-41-39-37-35-33-31-29-27-25-23-21-19-17-15-13-11-9-7-2/h8,10,14,16,20,22,26,28,31,33,56-57H,6-7,9,11-13,15,17-19,21,23-25,27,29-30,32,34-55H2,1-5H3/p+1/b10-8+,16-14+,22-20+,28-26+,33-31+. The summed E-state index contributed by atoms with van der Waals surface area (Å²) in [5, 5.41) is 9.68. The fourth-order valence-electron chi connectivity index (χ4n) is 8.31. The van der Waals surface area contributed by atoms with Crippen molar-refractivity contribution in [2.45, 2.75) is 264 Å². The van der Waals surface area contributed by atoms with Crippen LogP contribution < -0.4 is 0 Å². The minimum Gasteiger partial charge on any atom is -0.477 e. The summed E-state index contributed by atoms with van der Waals surface area (Å²) in [6.07, 6.45) is 64.2. The summed E-state index contributed by atoms with van der Waals surface area (Å²) in [5.41, 5.74) is 0. The number of unbranched alkanes of at least 4 members (excludes halogenated alkanes) is 27. The molecule has 0 amide bonds. The molecule has 0 aromatic carbocycles. The van der Waals surface area contributed by atoms with Gasteiger partial charge in [0.25, 0.3) is 0 Å². The summed E-state index contributed by atoms with van der Waals surface area (Å²) in [6, 6.07) is -0.619. The molecular formula is C60H108NO7+. The van der Waals surface area contributed by atoms with E-state index in [2.05, 4.69) is 74.6 Å². The van der Waals surface area contributed by atoms with Crippen molar-refractivity contribution in [3.8, 4) is 0 Å². The van der Waals surface area contributed by atoms with Gasteiger partial charge in [0.05, 0.1) is 34.4 Å². The molecular weight excluding hydrogens is 847 g/mol. The SMILES string of the molecule is CC/C=C/C/C=C/C/C=C/C/C=C/CCCCCCCCCCCC(=O)OCC(COCCC(C(=O)O)[N+](C)(C)C)OC(=O)CCCCCCCCC/C=C/CCCCCCCCCCCCC. The highest BCUT2D eigenvalue weighted by molar-refractivity contribution is 5.72. The van der Waals surface area contributed by atoms with Crippen LogP contribution >= 0.6 is 0 Å². The van der Waals surface area contributed by atoms with Gasteiger partial charge in [0, 0.05) is 19.3 Å².